The molecule has 0 aliphatic carbocycles. The maximum atomic E-state index is 13.5. The number of carbonyl (C=O) groups excluding carboxylic acids is 1. The number of furan rings is 1. The van der Waals surface area contributed by atoms with Crippen LogP contribution in [-0.4, -0.2) is 14.3 Å². The maximum Gasteiger partial charge on any atom is 0.264 e. The van der Waals surface area contributed by atoms with E-state index in [4.69, 9.17) is 4.42 Å². The first kappa shape index (κ1) is 18.3. The van der Waals surface area contributed by atoms with E-state index < -0.39 is 10.0 Å². The Morgan fingerprint density at radius 1 is 1.00 bits per heavy atom. The standard InChI is InChI=1S/C21H20N2O4S/c24-21-10-4-6-16-14-19(11-12-20(16)22-21)28(25,26)23(15-18-9-5-13-27-18)17-7-2-1-3-8-17/h1-3,5,7-9,11-14H,4,6,10,15H2,(H,22,24). The molecule has 0 unspecified atom stereocenters. The Bertz CT molecular complexity index is 1080. The number of fused-ring (bicyclic) bond motifs is 1. The summed E-state index contributed by atoms with van der Waals surface area (Å²) in [6.45, 7) is 0.0904. The molecule has 1 aliphatic heterocycles. The van der Waals surface area contributed by atoms with Gasteiger partial charge >= 0.3 is 0 Å². The van der Waals surface area contributed by atoms with Gasteiger partial charge in [0.1, 0.15) is 5.76 Å². The number of para-hydroxylation sites is 1. The van der Waals surface area contributed by atoms with Crippen LogP contribution in [0, 0.1) is 0 Å². The van der Waals surface area contributed by atoms with Crippen molar-refractivity contribution in [2.24, 2.45) is 0 Å². The highest BCUT2D eigenvalue weighted by atomic mass is 32.2. The molecule has 2 aromatic carbocycles. The lowest BCUT2D eigenvalue weighted by atomic mass is 10.1. The van der Waals surface area contributed by atoms with Crippen molar-refractivity contribution in [1.29, 1.82) is 0 Å². The molecule has 6 nitrogen and oxygen atoms in total. The summed E-state index contributed by atoms with van der Waals surface area (Å²) < 4.78 is 33.7. The number of benzene rings is 2. The summed E-state index contributed by atoms with van der Waals surface area (Å²) in [5.41, 5.74) is 2.07. The van der Waals surface area contributed by atoms with Crippen molar-refractivity contribution in [3.63, 3.8) is 0 Å². The highest BCUT2D eigenvalue weighted by Crippen LogP contribution is 2.30. The van der Waals surface area contributed by atoms with Crippen LogP contribution in [0.1, 0.15) is 24.2 Å². The minimum Gasteiger partial charge on any atom is -0.467 e. The van der Waals surface area contributed by atoms with Gasteiger partial charge in [-0.25, -0.2) is 8.42 Å². The lowest BCUT2D eigenvalue weighted by Crippen LogP contribution is -2.30. The number of aryl methyl sites for hydroxylation is 1. The zero-order chi connectivity index (χ0) is 19.6. The number of carbonyl (C=O) groups is 1. The summed E-state index contributed by atoms with van der Waals surface area (Å²) >= 11 is 0. The molecular weight excluding hydrogens is 376 g/mol. The van der Waals surface area contributed by atoms with Gasteiger partial charge in [0, 0.05) is 12.1 Å². The van der Waals surface area contributed by atoms with Gasteiger partial charge in [-0.05, 0) is 60.9 Å². The Morgan fingerprint density at radius 3 is 2.57 bits per heavy atom. The second kappa shape index (κ2) is 7.52. The molecule has 2 heterocycles. The first-order valence-corrected chi connectivity index (χ1v) is 10.5. The van der Waals surface area contributed by atoms with E-state index in [0.717, 1.165) is 5.56 Å². The number of anilines is 2. The van der Waals surface area contributed by atoms with Crippen LogP contribution in [0.2, 0.25) is 0 Å². The smallest absolute Gasteiger partial charge is 0.264 e. The summed E-state index contributed by atoms with van der Waals surface area (Å²) in [6.07, 6.45) is 3.31. The summed E-state index contributed by atoms with van der Waals surface area (Å²) in [5.74, 6) is 0.507. The molecule has 1 aromatic heterocycles. The summed E-state index contributed by atoms with van der Waals surface area (Å²) in [7, 11) is -3.83. The molecule has 3 aromatic rings. The number of hydrogen-bond acceptors (Lipinski definition) is 4. The van der Waals surface area contributed by atoms with E-state index >= 15 is 0 Å². The van der Waals surface area contributed by atoms with E-state index in [1.165, 1.54) is 16.6 Å². The number of nitrogens with one attached hydrogen (secondary N) is 1. The fourth-order valence-corrected chi connectivity index (χ4v) is 4.77. The first-order valence-electron chi connectivity index (χ1n) is 9.07. The van der Waals surface area contributed by atoms with Crippen LogP contribution in [0.4, 0.5) is 11.4 Å². The number of amides is 1. The molecule has 1 aliphatic rings. The molecule has 0 saturated carbocycles. The minimum absolute atomic E-state index is 0.0434. The van der Waals surface area contributed by atoms with E-state index in [1.807, 2.05) is 6.07 Å². The minimum atomic E-state index is -3.83. The summed E-state index contributed by atoms with van der Waals surface area (Å²) in [5, 5.41) is 2.84. The molecule has 1 N–H and O–H groups in total. The zero-order valence-corrected chi connectivity index (χ0v) is 16.0. The van der Waals surface area contributed by atoms with Gasteiger partial charge in [0.2, 0.25) is 5.91 Å². The first-order chi connectivity index (χ1) is 13.5. The third kappa shape index (κ3) is 3.66. The van der Waals surface area contributed by atoms with E-state index in [0.29, 0.717) is 36.4 Å². The molecule has 28 heavy (non-hydrogen) atoms. The van der Waals surface area contributed by atoms with Crippen molar-refractivity contribution >= 4 is 27.3 Å². The van der Waals surface area contributed by atoms with E-state index in [9.17, 15) is 13.2 Å². The third-order valence-electron chi connectivity index (χ3n) is 4.71. The van der Waals surface area contributed by atoms with Crippen molar-refractivity contribution in [2.45, 2.75) is 30.7 Å². The van der Waals surface area contributed by atoms with Gasteiger partial charge in [0.15, 0.2) is 0 Å². The van der Waals surface area contributed by atoms with Crippen LogP contribution in [-0.2, 0) is 27.8 Å². The molecule has 4 rings (SSSR count). The Labute approximate surface area is 163 Å². The molecule has 1 amide bonds. The van der Waals surface area contributed by atoms with Crippen LogP contribution in [0.3, 0.4) is 0 Å². The second-order valence-corrected chi connectivity index (χ2v) is 8.51. The Hall–Kier alpha value is -3.06. The van der Waals surface area contributed by atoms with Crippen LogP contribution in [0.5, 0.6) is 0 Å². The van der Waals surface area contributed by atoms with Gasteiger partial charge in [-0.2, -0.15) is 0 Å². The normalized spacial score (nSPS) is 14.1. The highest BCUT2D eigenvalue weighted by molar-refractivity contribution is 7.92. The molecule has 0 bridgehead atoms. The number of rotatable bonds is 5. The van der Waals surface area contributed by atoms with Crippen molar-refractivity contribution < 1.29 is 17.6 Å². The highest BCUT2D eigenvalue weighted by Gasteiger charge is 2.27. The van der Waals surface area contributed by atoms with Crippen molar-refractivity contribution in [3.8, 4) is 0 Å². The molecule has 7 heteroatoms. The van der Waals surface area contributed by atoms with Crippen LogP contribution >= 0.6 is 0 Å². The number of nitrogens with zero attached hydrogens (tertiary/aromatic N) is 1. The van der Waals surface area contributed by atoms with Crippen molar-refractivity contribution in [1.82, 2.24) is 0 Å². The van der Waals surface area contributed by atoms with Crippen LogP contribution in [0.25, 0.3) is 0 Å². The molecule has 0 saturated heterocycles. The van der Waals surface area contributed by atoms with Gasteiger partial charge in [-0.3, -0.25) is 9.10 Å². The zero-order valence-electron chi connectivity index (χ0n) is 15.2. The Balaban J connectivity index is 1.75. The predicted molar refractivity (Wildman–Crippen MR) is 107 cm³/mol. The molecule has 144 valence electrons. The molecular formula is C21H20N2O4S. The fourth-order valence-electron chi connectivity index (χ4n) is 3.29. The van der Waals surface area contributed by atoms with Gasteiger partial charge in [0.05, 0.1) is 23.4 Å². The lowest BCUT2D eigenvalue weighted by molar-refractivity contribution is -0.116. The third-order valence-corrected chi connectivity index (χ3v) is 6.48. The number of sulfonamides is 1. The van der Waals surface area contributed by atoms with Crippen LogP contribution < -0.4 is 9.62 Å². The topological polar surface area (TPSA) is 79.6 Å². The van der Waals surface area contributed by atoms with Gasteiger partial charge in [-0.1, -0.05) is 18.2 Å². The monoisotopic (exact) mass is 396 g/mol. The maximum absolute atomic E-state index is 13.5. The fraction of sp³-hybridized carbons (Fsp3) is 0.190. The van der Waals surface area contributed by atoms with E-state index in [2.05, 4.69) is 5.32 Å². The molecule has 0 atom stereocenters. The summed E-state index contributed by atoms with van der Waals surface area (Å²) in [6, 6.07) is 17.3. The molecule has 0 fully saturated rings. The molecule has 0 spiro atoms. The average Bonchev–Trinajstić information content (AvgIpc) is 3.13. The predicted octanol–water partition coefficient (Wildman–Crippen LogP) is 3.95. The van der Waals surface area contributed by atoms with E-state index in [-0.39, 0.29) is 17.3 Å². The second-order valence-electron chi connectivity index (χ2n) is 6.65. The van der Waals surface area contributed by atoms with Crippen LogP contribution in [0.15, 0.2) is 76.2 Å². The molecule has 0 radical (unpaired) electrons. The van der Waals surface area contributed by atoms with E-state index in [1.54, 1.807) is 48.5 Å². The average molecular weight is 396 g/mol. The van der Waals surface area contributed by atoms with Crippen molar-refractivity contribution in [2.75, 3.05) is 9.62 Å². The number of hydrogen-bond donors (Lipinski definition) is 1. The van der Waals surface area contributed by atoms with Gasteiger partial charge in [-0.15, -0.1) is 0 Å². The Morgan fingerprint density at radius 2 is 1.82 bits per heavy atom. The quantitative estimate of drug-likeness (QED) is 0.708. The Kier molecular flexibility index (Phi) is 4.92. The SMILES string of the molecule is O=C1CCCc2cc(S(=O)(=O)N(Cc3ccco3)c3ccccc3)ccc2N1. The van der Waals surface area contributed by atoms with Gasteiger partial charge in [0.25, 0.3) is 10.0 Å². The lowest BCUT2D eigenvalue weighted by Gasteiger charge is -2.24. The van der Waals surface area contributed by atoms with Gasteiger partial charge < -0.3 is 9.73 Å². The largest absolute Gasteiger partial charge is 0.467 e. The van der Waals surface area contributed by atoms with Crippen molar-refractivity contribution in [3.05, 3.63) is 78.3 Å². The summed E-state index contributed by atoms with van der Waals surface area (Å²) in [4.78, 5) is 11.9.